The van der Waals surface area contributed by atoms with Crippen LogP contribution in [0.4, 0.5) is 0 Å². The predicted molar refractivity (Wildman–Crippen MR) is 102 cm³/mol. The smallest absolute Gasteiger partial charge is 0.173 e. The molecule has 0 spiro atoms. The Morgan fingerprint density at radius 3 is 2.54 bits per heavy atom. The minimum absolute atomic E-state index is 0.0123. The number of hydrogen-bond acceptors (Lipinski definition) is 5. The fourth-order valence-electron chi connectivity index (χ4n) is 4.32. The van der Waals surface area contributed by atoms with Crippen molar-refractivity contribution in [2.75, 3.05) is 32.7 Å². The summed E-state index contributed by atoms with van der Waals surface area (Å²) in [5, 5.41) is 13.7. The van der Waals surface area contributed by atoms with Crippen molar-refractivity contribution in [2.45, 2.75) is 44.7 Å². The number of likely N-dealkylation sites (N-methyl/N-ethyl adjacent to an activating group) is 1. The van der Waals surface area contributed by atoms with Crippen LogP contribution in [0.1, 0.15) is 56.1 Å². The van der Waals surface area contributed by atoms with Crippen LogP contribution < -0.4 is 0 Å². The Balaban J connectivity index is 1.70. The van der Waals surface area contributed by atoms with Crippen molar-refractivity contribution in [1.29, 1.82) is 0 Å². The van der Waals surface area contributed by atoms with E-state index in [-0.39, 0.29) is 6.04 Å². The van der Waals surface area contributed by atoms with Crippen molar-refractivity contribution >= 4 is 11.6 Å². The molecule has 0 radical (unpaired) electrons. The Kier molecular flexibility index (Phi) is 5.52. The van der Waals surface area contributed by atoms with Crippen LogP contribution >= 0.6 is 11.6 Å². The van der Waals surface area contributed by atoms with Gasteiger partial charge in [0.1, 0.15) is 0 Å². The molecule has 1 aromatic carbocycles. The average molecular weight is 375 g/mol. The van der Waals surface area contributed by atoms with Crippen LogP contribution in [-0.4, -0.2) is 62.7 Å². The highest BCUT2D eigenvalue weighted by atomic mass is 35.5. The van der Waals surface area contributed by atoms with Gasteiger partial charge in [0.15, 0.2) is 5.82 Å². The van der Waals surface area contributed by atoms with E-state index in [2.05, 4.69) is 49.1 Å². The van der Waals surface area contributed by atoms with E-state index in [1.807, 2.05) is 12.1 Å². The van der Waals surface area contributed by atoms with Gasteiger partial charge in [-0.1, -0.05) is 49.6 Å². The molecule has 2 aliphatic rings. The highest BCUT2D eigenvalue weighted by Gasteiger charge is 2.33. The first-order chi connectivity index (χ1) is 12.8. The molecule has 6 nitrogen and oxygen atoms in total. The van der Waals surface area contributed by atoms with Crippen LogP contribution in [0.2, 0.25) is 5.02 Å². The number of halogens is 1. The maximum atomic E-state index is 6.61. The number of tetrazole rings is 1. The molecular formula is C19H27ClN6. The fourth-order valence-corrected chi connectivity index (χ4v) is 4.56. The fraction of sp³-hybridized carbons (Fsp3) is 0.632. The molecule has 0 N–H and O–H groups in total. The van der Waals surface area contributed by atoms with E-state index >= 15 is 0 Å². The maximum Gasteiger partial charge on any atom is 0.173 e. The van der Waals surface area contributed by atoms with Gasteiger partial charge in [-0.2, -0.15) is 0 Å². The highest BCUT2D eigenvalue weighted by molar-refractivity contribution is 6.31. The third kappa shape index (κ3) is 3.50. The zero-order valence-corrected chi connectivity index (χ0v) is 16.1. The number of aromatic nitrogens is 4. The molecule has 0 bridgehead atoms. The van der Waals surface area contributed by atoms with Crippen molar-refractivity contribution in [1.82, 2.24) is 30.0 Å². The number of piperazine rings is 1. The molecule has 1 aliphatic heterocycles. The molecule has 7 heteroatoms. The Hall–Kier alpha value is -1.50. The lowest BCUT2D eigenvalue weighted by atomic mass is 10.0. The molecule has 1 atom stereocenters. The quantitative estimate of drug-likeness (QED) is 0.804. The predicted octanol–water partition coefficient (Wildman–Crippen LogP) is 3.17. The molecule has 2 aromatic rings. The molecule has 1 saturated heterocycles. The van der Waals surface area contributed by atoms with Gasteiger partial charge in [0.25, 0.3) is 0 Å². The Morgan fingerprint density at radius 2 is 1.85 bits per heavy atom. The van der Waals surface area contributed by atoms with Crippen LogP contribution in [0.5, 0.6) is 0 Å². The highest BCUT2D eigenvalue weighted by Crippen LogP contribution is 2.36. The summed E-state index contributed by atoms with van der Waals surface area (Å²) in [4.78, 5) is 4.98. The second-order valence-electron chi connectivity index (χ2n) is 7.31. The molecule has 4 rings (SSSR count). The number of rotatable bonds is 5. The van der Waals surface area contributed by atoms with Gasteiger partial charge in [-0.15, -0.1) is 5.10 Å². The molecule has 0 amide bonds. The van der Waals surface area contributed by atoms with Crippen molar-refractivity contribution < 1.29 is 0 Å². The number of nitrogens with zero attached hydrogens (tertiary/aromatic N) is 6. The van der Waals surface area contributed by atoms with Crippen LogP contribution in [0.25, 0.3) is 0 Å². The zero-order valence-electron chi connectivity index (χ0n) is 15.4. The average Bonchev–Trinajstić information content (AvgIpc) is 3.35. The van der Waals surface area contributed by atoms with E-state index in [4.69, 9.17) is 11.6 Å². The minimum Gasteiger partial charge on any atom is -0.301 e. The summed E-state index contributed by atoms with van der Waals surface area (Å²) in [6.45, 7) is 7.47. The van der Waals surface area contributed by atoms with Crippen LogP contribution in [-0.2, 0) is 0 Å². The summed E-state index contributed by atoms with van der Waals surface area (Å²) in [6.07, 6.45) is 4.85. The largest absolute Gasteiger partial charge is 0.301 e. The first kappa shape index (κ1) is 17.9. The Labute approximate surface area is 160 Å². The molecular weight excluding hydrogens is 348 g/mol. The molecule has 2 fully saturated rings. The van der Waals surface area contributed by atoms with Gasteiger partial charge in [-0.05, 0) is 41.4 Å². The lowest BCUT2D eigenvalue weighted by Gasteiger charge is -2.39. The van der Waals surface area contributed by atoms with E-state index in [1.54, 1.807) is 0 Å². The second kappa shape index (κ2) is 8.03. The SMILES string of the molecule is CCN1CCN(C(c2ccccc2Cl)c2nnnn2C2CCCC2)CC1. The molecule has 1 aromatic heterocycles. The van der Waals surface area contributed by atoms with E-state index < -0.39 is 0 Å². The summed E-state index contributed by atoms with van der Waals surface area (Å²) < 4.78 is 2.08. The molecule has 1 unspecified atom stereocenters. The molecule has 1 aliphatic carbocycles. The third-order valence-corrected chi connectivity index (χ3v) is 6.20. The van der Waals surface area contributed by atoms with Crippen molar-refractivity contribution in [3.05, 3.63) is 40.7 Å². The van der Waals surface area contributed by atoms with Crippen molar-refractivity contribution in [3.8, 4) is 0 Å². The van der Waals surface area contributed by atoms with Gasteiger partial charge >= 0.3 is 0 Å². The Morgan fingerprint density at radius 1 is 1.12 bits per heavy atom. The molecule has 26 heavy (non-hydrogen) atoms. The molecule has 140 valence electrons. The zero-order chi connectivity index (χ0) is 17.9. The van der Waals surface area contributed by atoms with Gasteiger partial charge in [0.2, 0.25) is 0 Å². The van der Waals surface area contributed by atoms with Crippen LogP contribution in [0.15, 0.2) is 24.3 Å². The summed E-state index contributed by atoms with van der Waals surface area (Å²) in [5.41, 5.74) is 1.10. The second-order valence-corrected chi connectivity index (χ2v) is 7.72. The Bertz CT molecular complexity index is 718. The standard InChI is InChI=1S/C19H27ClN6/c1-2-24-11-13-25(14-12-24)18(16-9-5-6-10-17(16)20)19-21-22-23-26(19)15-7-3-4-8-15/h5-6,9-10,15,18H,2-4,7-8,11-14H2,1H3. The van der Waals surface area contributed by atoms with Crippen molar-refractivity contribution in [3.63, 3.8) is 0 Å². The maximum absolute atomic E-state index is 6.61. The topological polar surface area (TPSA) is 50.1 Å². The minimum atomic E-state index is 0.0123. The summed E-state index contributed by atoms with van der Waals surface area (Å²) in [6, 6.07) is 8.56. The normalized spacial score (nSPS) is 21.3. The van der Waals surface area contributed by atoms with E-state index in [1.165, 1.54) is 12.8 Å². The van der Waals surface area contributed by atoms with Gasteiger partial charge in [0.05, 0.1) is 12.1 Å². The molecule has 2 heterocycles. The van der Waals surface area contributed by atoms with Crippen LogP contribution in [0, 0.1) is 0 Å². The van der Waals surface area contributed by atoms with Gasteiger partial charge < -0.3 is 4.90 Å². The van der Waals surface area contributed by atoms with Gasteiger partial charge in [-0.25, -0.2) is 4.68 Å². The van der Waals surface area contributed by atoms with Crippen molar-refractivity contribution in [2.24, 2.45) is 0 Å². The summed E-state index contributed by atoms with van der Waals surface area (Å²) >= 11 is 6.61. The third-order valence-electron chi connectivity index (χ3n) is 5.85. The van der Waals surface area contributed by atoms with E-state index in [9.17, 15) is 0 Å². The van der Waals surface area contributed by atoms with Gasteiger partial charge in [0, 0.05) is 31.2 Å². The van der Waals surface area contributed by atoms with E-state index in [0.717, 1.165) is 62.0 Å². The monoisotopic (exact) mass is 374 g/mol. The first-order valence-electron chi connectivity index (χ1n) is 9.76. The number of hydrogen-bond donors (Lipinski definition) is 0. The summed E-state index contributed by atoms with van der Waals surface area (Å²) in [5.74, 6) is 0.940. The van der Waals surface area contributed by atoms with Crippen LogP contribution in [0.3, 0.4) is 0 Å². The van der Waals surface area contributed by atoms with Gasteiger partial charge in [-0.3, -0.25) is 4.90 Å². The summed E-state index contributed by atoms with van der Waals surface area (Å²) in [7, 11) is 0. The first-order valence-corrected chi connectivity index (χ1v) is 10.1. The lowest BCUT2D eigenvalue weighted by molar-refractivity contribution is 0.107. The lowest BCUT2D eigenvalue weighted by Crippen LogP contribution is -2.48. The molecule has 1 saturated carbocycles. The van der Waals surface area contributed by atoms with E-state index in [0.29, 0.717) is 6.04 Å². The number of benzene rings is 1.